The molecule has 0 saturated carbocycles. The number of hydrogen-bond donors (Lipinski definition) is 2. The summed E-state index contributed by atoms with van der Waals surface area (Å²) >= 11 is 3.85. The number of hydrogen-bond acceptors (Lipinski definition) is 5. The van der Waals surface area contributed by atoms with Gasteiger partial charge >= 0.3 is 5.97 Å². The summed E-state index contributed by atoms with van der Waals surface area (Å²) in [6.45, 7) is 6.00. The normalized spacial score (nSPS) is 16.9. The minimum atomic E-state index is -1.05. The first-order valence-electron chi connectivity index (χ1n) is 8.77. The molecule has 0 aliphatic carbocycles. The Labute approximate surface area is 163 Å². The first-order chi connectivity index (χ1) is 12.3. The monoisotopic (exact) mass is 397 g/mol. The Kier molecular flexibility index (Phi) is 7.85. The van der Waals surface area contributed by atoms with Crippen LogP contribution in [0.1, 0.15) is 54.1 Å². The summed E-state index contributed by atoms with van der Waals surface area (Å²) in [5, 5.41) is 11.9. The van der Waals surface area contributed by atoms with Crippen LogP contribution >= 0.6 is 23.5 Å². The average molecular weight is 398 g/mol. The van der Waals surface area contributed by atoms with E-state index >= 15 is 0 Å². The van der Waals surface area contributed by atoms with Gasteiger partial charge in [0.25, 0.3) is 5.91 Å². The topological polar surface area (TPSA) is 75.6 Å². The largest absolute Gasteiger partial charge is 0.480 e. The summed E-state index contributed by atoms with van der Waals surface area (Å²) in [7, 11) is 0. The van der Waals surface area contributed by atoms with Gasteiger partial charge in [-0.15, -0.1) is 23.5 Å². The van der Waals surface area contributed by atoms with Crippen molar-refractivity contribution in [1.82, 2.24) is 5.32 Å². The Bertz CT molecular complexity index is 607. The number of carboxylic acid groups (broad SMARTS) is 1. The number of nitrogens with one attached hydrogen (secondary N) is 1. The van der Waals surface area contributed by atoms with Crippen LogP contribution in [-0.2, 0) is 9.53 Å². The molecule has 1 atom stereocenters. The highest BCUT2D eigenvalue weighted by atomic mass is 32.2. The highest BCUT2D eigenvalue weighted by Crippen LogP contribution is 2.43. The highest BCUT2D eigenvalue weighted by molar-refractivity contribution is 8.16. The molecule has 2 rings (SSSR count). The molecule has 1 fully saturated rings. The van der Waals surface area contributed by atoms with Crippen LogP contribution in [0.15, 0.2) is 24.3 Å². The molecular weight excluding hydrogens is 370 g/mol. The van der Waals surface area contributed by atoms with Crippen molar-refractivity contribution in [2.75, 3.05) is 18.1 Å². The summed E-state index contributed by atoms with van der Waals surface area (Å²) in [5.41, 5.74) is 1.34. The van der Waals surface area contributed by atoms with Crippen LogP contribution in [0.5, 0.6) is 0 Å². The van der Waals surface area contributed by atoms with Gasteiger partial charge in [-0.25, -0.2) is 4.79 Å². The lowest BCUT2D eigenvalue weighted by molar-refractivity contribution is -0.140. The van der Waals surface area contributed by atoms with Crippen LogP contribution < -0.4 is 5.32 Å². The van der Waals surface area contributed by atoms with E-state index in [-0.39, 0.29) is 24.5 Å². The fourth-order valence-corrected chi connectivity index (χ4v) is 5.35. The van der Waals surface area contributed by atoms with E-state index in [1.165, 1.54) is 12.0 Å². The van der Waals surface area contributed by atoms with E-state index in [0.29, 0.717) is 10.1 Å². The van der Waals surface area contributed by atoms with E-state index in [2.05, 4.69) is 5.32 Å². The lowest BCUT2D eigenvalue weighted by Gasteiger charge is -2.22. The van der Waals surface area contributed by atoms with Crippen molar-refractivity contribution >= 4 is 35.4 Å². The third-order valence-electron chi connectivity index (χ3n) is 3.82. The molecule has 5 nitrogen and oxygen atoms in total. The number of carbonyl (C=O) groups excluding carboxylic acids is 1. The second-order valence-corrected chi connectivity index (χ2v) is 9.89. The molecule has 1 saturated heterocycles. The van der Waals surface area contributed by atoms with Gasteiger partial charge in [-0.3, -0.25) is 4.79 Å². The Morgan fingerprint density at radius 2 is 1.85 bits per heavy atom. The van der Waals surface area contributed by atoms with Crippen LogP contribution in [0.25, 0.3) is 0 Å². The minimum absolute atomic E-state index is 0.228. The molecule has 0 aromatic heterocycles. The lowest BCUT2D eigenvalue weighted by atomic mass is 10.1. The number of aliphatic carboxylic acids is 1. The molecule has 0 spiro atoms. The van der Waals surface area contributed by atoms with Crippen molar-refractivity contribution in [2.45, 2.75) is 49.8 Å². The molecule has 1 aromatic carbocycles. The van der Waals surface area contributed by atoms with Crippen molar-refractivity contribution < 1.29 is 19.4 Å². The molecule has 0 bridgehead atoms. The van der Waals surface area contributed by atoms with Gasteiger partial charge in [0, 0.05) is 18.6 Å². The van der Waals surface area contributed by atoms with Crippen LogP contribution in [0.4, 0.5) is 0 Å². The van der Waals surface area contributed by atoms with Crippen molar-refractivity contribution in [3.63, 3.8) is 0 Å². The molecule has 144 valence electrons. The maximum absolute atomic E-state index is 12.4. The van der Waals surface area contributed by atoms with E-state index in [4.69, 9.17) is 4.74 Å². The third-order valence-corrected chi connectivity index (χ3v) is 6.83. The Balaban J connectivity index is 1.92. The zero-order chi connectivity index (χ0) is 19.2. The molecule has 1 aromatic rings. The second-order valence-electron chi connectivity index (χ2n) is 7.16. The van der Waals surface area contributed by atoms with Crippen molar-refractivity contribution in [3.05, 3.63) is 35.4 Å². The van der Waals surface area contributed by atoms with E-state index in [1.54, 1.807) is 12.1 Å². The maximum Gasteiger partial charge on any atom is 0.326 e. The van der Waals surface area contributed by atoms with Gasteiger partial charge in [-0.2, -0.15) is 0 Å². The fraction of sp³-hybridized carbons (Fsp3) is 0.579. The average Bonchev–Trinajstić information content (AvgIpc) is 2.60. The Hall–Kier alpha value is -1.18. The fourth-order valence-electron chi connectivity index (χ4n) is 2.45. The van der Waals surface area contributed by atoms with Crippen molar-refractivity contribution in [3.8, 4) is 0 Å². The summed E-state index contributed by atoms with van der Waals surface area (Å²) in [6.07, 6.45) is 1.47. The van der Waals surface area contributed by atoms with Gasteiger partial charge in [-0.1, -0.05) is 12.1 Å². The zero-order valence-corrected chi connectivity index (χ0v) is 17.1. The van der Waals surface area contributed by atoms with Crippen LogP contribution in [0.2, 0.25) is 0 Å². The van der Waals surface area contributed by atoms with Crippen LogP contribution in [0.3, 0.4) is 0 Å². The first-order valence-corrected chi connectivity index (χ1v) is 10.9. The van der Waals surface area contributed by atoms with Crippen molar-refractivity contribution in [2.24, 2.45) is 0 Å². The maximum atomic E-state index is 12.4. The number of ether oxygens (including phenoxy) is 1. The zero-order valence-electron chi connectivity index (χ0n) is 15.5. The SMILES string of the molecule is CC(C)(C)OCCC(NC(=O)c1ccc(C2SCCCS2)cc1)C(=O)O. The molecule has 1 aliphatic heterocycles. The number of rotatable bonds is 7. The van der Waals surface area contributed by atoms with Gasteiger partial charge < -0.3 is 15.2 Å². The number of benzene rings is 1. The summed E-state index contributed by atoms with van der Waals surface area (Å²) < 4.78 is 5.98. The smallest absolute Gasteiger partial charge is 0.326 e. The summed E-state index contributed by atoms with van der Waals surface area (Å²) in [5.74, 6) is 0.902. The lowest BCUT2D eigenvalue weighted by Crippen LogP contribution is -2.42. The van der Waals surface area contributed by atoms with Gasteiger partial charge in [0.05, 0.1) is 10.2 Å². The van der Waals surface area contributed by atoms with Crippen LogP contribution in [-0.4, -0.2) is 46.7 Å². The van der Waals surface area contributed by atoms with Gasteiger partial charge in [0.1, 0.15) is 6.04 Å². The second kappa shape index (κ2) is 9.67. The molecule has 0 radical (unpaired) electrons. The van der Waals surface area contributed by atoms with E-state index < -0.39 is 12.0 Å². The standard InChI is InChI=1S/C19H27NO4S2/c1-19(2,3)24-10-9-15(17(22)23)20-16(21)13-5-7-14(8-6-13)18-25-11-4-12-26-18/h5-8,15,18H,4,9-12H2,1-3H3,(H,20,21)(H,22,23). The predicted molar refractivity (Wildman–Crippen MR) is 108 cm³/mol. The Morgan fingerprint density at radius 1 is 1.23 bits per heavy atom. The van der Waals surface area contributed by atoms with Crippen LogP contribution in [0, 0.1) is 0 Å². The van der Waals surface area contributed by atoms with E-state index in [1.807, 2.05) is 56.4 Å². The summed E-state index contributed by atoms with van der Waals surface area (Å²) in [4.78, 5) is 23.8. The molecule has 26 heavy (non-hydrogen) atoms. The molecular formula is C19H27NO4S2. The number of carboxylic acids is 1. The number of carbonyl (C=O) groups is 2. The highest BCUT2D eigenvalue weighted by Gasteiger charge is 2.22. The minimum Gasteiger partial charge on any atom is -0.480 e. The van der Waals surface area contributed by atoms with Gasteiger partial charge in [0.2, 0.25) is 0 Å². The van der Waals surface area contributed by atoms with Gasteiger partial charge in [0.15, 0.2) is 0 Å². The predicted octanol–water partition coefficient (Wildman–Crippen LogP) is 3.94. The summed E-state index contributed by atoms with van der Waals surface area (Å²) in [6, 6.07) is 6.50. The molecule has 1 heterocycles. The molecule has 1 aliphatic rings. The molecule has 1 unspecified atom stereocenters. The molecule has 2 N–H and O–H groups in total. The third kappa shape index (κ3) is 6.85. The first kappa shape index (κ1) is 21.1. The van der Waals surface area contributed by atoms with Crippen molar-refractivity contribution in [1.29, 1.82) is 0 Å². The number of thioether (sulfide) groups is 2. The van der Waals surface area contributed by atoms with E-state index in [0.717, 1.165) is 11.5 Å². The number of amides is 1. The van der Waals surface area contributed by atoms with E-state index in [9.17, 15) is 14.7 Å². The quantitative estimate of drug-likeness (QED) is 0.726. The Morgan fingerprint density at radius 3 is 2.38 bits per heavy atom. The molecule has 1 amide bonds. The van der Waals surface area contributed by atoms with Gasteiger partial charge in [-0.05, 0) is 56.4 Å². The molecule has 7 heteroatoms.